The van der Waals surface area contributed by atoms with Crippen molar-refractivity contribution in [3.05, 3.63) is 45.6 Å². The summed E-state index contributed by atoms with van der Waals surface area (Å²) in [6, 6.07) is 7.03. The van der Waals surface area contributed by atoms with Crippen LogP contribution in [0.15, 0.2) is 24.3 Å². The summed E-state index contributed by atoms with van der Waals surface area (Å²) in [6.07, 6.45) is -0.546. The molecule has 3 atom stereocenters. The standard InChI is InChI=1S/C18H18Cl2N4O3/c19-13-4-2-1-3-10(13)5-6-12-15(20)22-17(21)23-16(12)24-18(27)8-7-11(9-25)14(18)26/h1-4,11,14,25-27H,7-9H2,(H3,21,22,23,24). The zero-order valence-corrected chi connectivity index (χ0v) is 15.7. The molecule has 0 spiro atoms. The first-order valence-corrected chi connectivity index (χ1v) is 8.98. The largest absolute Gasteiger partial charge is 0.396 e. The van der Waals surface area contributed by atoms with Gasteiger partial charge in [-0.05, 0) is 25.0 Å². The first-order chi connectivity index (χ1) is 12.8. The van der Waals surface area contributed by atoms with Crippen molar-refractivity contribution in [1.82, 2.24) is 9.97 Å². The lowest BCUT2D eigenvalue weighted by Crippen LogP contribution is -2.48. The van der Waals surface area contributed by atoms with Crippen molar-refractivity contribution in [1.29, 1.82) is 0 Å². The van der Waals surface area contributed by atoms with Gasteiger partial charge in [-0.1, -0.05) is 47.2 Å². The summed E-state index contributed by atoms with van der Waals surface area (Å²) in [4.78, 5) is 7.95. The van der Waals surface area contributed by atoms with Crippen LogP contribution in [0.25, 0.3) is 0 Å². The monoisotopic (exact) mass is 408 g/mol. The fraction of sp³-hybridized carbons (Fsp3) is 0.333. The van der Waals surface area contributed by atoms with Gasteiger partial charge in [0.2, 0.25) is 5.95 Å². The highest BCUT2D eigenvalue weighted by Crippen LogP contribution is 2.36. The minimum Gasteiger partial charge on any atom is -0.396 e. The molecule has 0 bridgehead atoms. The molecule has 142 valence electrons. The molecule has 0 amide bonds. The average molecular weight is 409 g/mol. The van der Waals surface area contributed by atoms with Gasteiger partial charge in [0.05, 0.1) is 5.02 Å². The van der Waals surface area contributed by atoms with Crippen LogP contribution in [0.3, 0.4) is 0 Å². The molecular formula is C18H18Cl2N4O3. The Labute approximate surface area is 166 Å². The van der Waals surface area contributed by atoms with E-state index < -0.39 is 17.7 Å². The van der Waals surface area contributed by atoms with E-state index in [2.05, 4.69) is 27.1 Å². The first-order valence-electron chi connectivity index (χ1n) is 8.23. The van der Waals surface area contributed by atoms with E-state index in [4.69, 9.17) is 28.9 Å². The number of rotatable bonds is 3. The van der Waals surface area contributed by atoms with E-state index in [1.807, 2.05) is 0 Å². The van der Waals surface area contributed by atoms with Gasteiger partial charge >= 0.3 is 0 Å². The zero-order chi connectivity index (χ0) is 19.6. The van der Waals surface area contributed by atoms with Gasteiger partial charge in [-0.3, -0.25) is 0 Å². The highest BCUT2D eigenvalue weighted by atomic mass is 35.5. The number of hydrogen-bond acceptors (Lipinski definition) is 7. The van der Waals surface area contributed by atoms with Crippen LogP contribution in [0, 0.1) is 17.8 Å². The van der Waals surface area contributed by atoms with Crippen molar-refractivity contribution in [2.45, 2.75) is 24.7 Å². The lowest BCUT2D eigenvalue weighted by molar-refractivity contribution is -0.0545. The molecule has 1 aliphatic rings. The molecule has 0 saturated heterocycles. The third kappa shape index (κ3) is 4.10. The molecule has 1 aliphatic carbocycles. The molecule has 27 heavy (non-hydrogen) atoms. The SMILES string of the molecule is Nc1nc(Cl)c(C#Cc2ccccc2Cl)c(NC2(O)CCC(CO)C2O)n1. The normalized spacial score (nSPS) is 24.3. The van der Waals surface area contributed by atoms with Crippen LogP contribution in [-0.4, -0.2) is 43.7 Å². The average Bonchev–Trinajstić information content (AvgIpc) is 2.90. The second-order valence-corrected chi connectivity index (χ2v) is 7.07. The van der Waals surface area contributed by atoms with E-state index in [9.17, 15) is 15.3 Å². The van der Waals surface area contributed by atoms with Gasteiger partial charge in [0.25, 0.3) is 0 Å². The Kier molecular flexibility index (Phi) is 5.75. The van der Waals surface area contributed by atoms with E-state index in [0.717, 1.165) is 0 Å². The predicted molar refractivity (Wildman–Crippen MR) is 103 cm³/mol. The van der Waals surface area contributed by atoms with Crippen LogP contribution < -0.4 is 11.1 Å². The van der Waals surface area contributed by atoms with Crippen molar-refractivity contribution in [2.75, 3.05) is 17.7 Å². The zero-order valence-electron chi connectivity index (χ0n) is 14.2. The molecule has 1 saturated carbocycles. The van der Waals surface area contributed by atoms with Crippen LogP contribution in [0.4, 0.5) is 11.8 Å². The summed E-state index contributed by atoms with van der Waals surface area (Å²) >= 11 is 12.3. The third-order valence-electron chi connectivity index (χ3n) is 4.48. The topological polar surface area (TPSA) is 125 Å². The van der Waals surface area contributed by atoms with E-state index in [-0.39, 0.29) is 35.5 Å². The number of halogens is 2. The minimum atomic E-state index is -1.70. The van der Waals surface area contributed by atoms with Crippen LogP contribution >= 0.6 is 23.2 Å². The van der Waals surface area contributed by atoms with Crippen LogP contribution in [-0.2, 0) is 0 Å². The van der Waals surface area contributed by atoms with Crippen molar-refractivity contribution in [3.63, 3.8) is 0 Å². The predicted octanol–water partition coefficient (Wildman–Crippen LogP) is 1.63. The molecule has 3 unspecified atom stereocenters. The fourth-order valence-corrected chi connectivity index (χ4v) is 3.38. The van der Waals surface area contributed by atoms with Crippen molar-refractivity contribution in [3.8, 4) is 11.8 Å². The molecule has 0 radical (unpaired) electrons. The number of nitrogens with two attached hydrogens (primary N) is 1. The molecule has 6 N–H and O–H groups in total. The van der Waals surface area contributed by atoms with Crippen molar-refractivity contribution < 1.29 is 15.3 Å². The number of nitrogen functional groups attached to an aromatic ring is 1. The highest BCUT2D eigenvalue weighted by molar-refractivity contribution is 6.32. The molecule has 9 heteroatoms. The summed E-state index contributed by atoms with van der Waals surface area (Å²) < 4.78 is 0. The van der Waals surface area contributed by atoms with Gasteiger partial charge in [0, 0.05) is 18.1 Å². The van der Waals surface area contributed by atoms with Crippen LogP contribution in [0.1, 0.15) is 24.0 Å². The molecule has 2 aromatic rings. The van der Waals surface area contributed by atoms with Gasteiger partial charge in [0.1, 0.15) is 11.7 Å². The summed E-state index contributed by atoms with van der Waals surface area (Å²) in [5, 5.41) is 33.6. The van der Waals surface area contributed by atoms with Crippen molar-refractivity contribution >= 4 is 35.0 Å². The Bertz CT molecular complexity index is 915. The maximum Gasteiger partial charge on any atom is 0.223 e. The van der Waals surface area contributed by atoms with E-state index in [1.54, 1.807) is 24.3 Å². The summed E-state index contributed by atoms with van der Waals surface area (Å²) in [7, 11) is 0. The van der Waals surface area contributed by atoms with Gasteiger partial charge in [-0.15, -0.1) is 0 Å². The molecule has 7 nitrogen and oxygen atoms in total. The maximum absolute atomic E-state index is 10.8. The molecule has 1 aromatic carbocycles. The van der Waals surface area contributed by atoms with Crippen LogP contribution in [0.2, 0.25) is 10.2 Å². The number of anilines is 2. The van der Waals surface area contributed by atoms with Gasteiger partial charge in [-0.25, -0.2) is 0 Å². The number of nitrogens with zero attached hydrogens (tertiary/aromatic N) is 2. The third-order valence-corrected chi connectivity index (χ3v) is 5.08. The number of benzene rings is 1. The lowest BCUT2D eigenvalue weighted by atomic mass is 10.0. The molecule has 3 rings (SSSR count). The first kappa shape index (κ1) is 19.7. The second-order valence-electron chi connectivity index (χ2n) is 6.30. The quantitative estimate of drug-likeness (QED) is 0.297. The Hall–Kier alpha value is -2.08. The molecular weight excluding hydrogens is 391 g/mol. The Morgan fingerprint density at radius 2 is 2.00 bits per heavy atom. The van der Waals surface area contributed by atoms with Crippen molar-refractivity contribution in [2.24, 2.45) is 5.92 Å². The molecule has 1 fully saturated rings. The smallest absolute Gasteiger partial charge is 0.223 e. The number of hydrogen-bond donors (Lipinski definition) is 5. The van der Waals surface area contributed by atoms with E-state index >= 15 is 0 Å². The number of aromatic nitrogens is 2. The Morgan fingerprint density at radius 1 is 1.26 bits per heavy atom. The van der Waals surface area contributed by atoms with Gasteiger partial charge in [-0.2, -0.15) is 9.97 Å². The molecule has 0 aliphatic heterocycles. The highest BCUT2D eigenvalue weighted by Gasteiger charge is 2.47. The van der Waals surface area contributed by atoms with Gasteiger partial charge < -0.3 is 26.4 Å². The molecule has 1 aromatic heterocycles. The fourth-order valence-electron chi connectivity index (χ4n) is 2.98. The van der Waals surface area contributed by atoms with E-state index in [1.165, 1.54) is 0 Å². The van der Waals surface area contributed by atoms with E-state index in [0.29, 0.717) is 17.0 Å². The van der Waals surface area contributed by atoms with Crippen LogP contribution in [0.5, 0.6) is 0 Å². The maximum atomic E-state index is 10.8. The summed E-state index contributed by atoms with van der Waals surface area (Å²) in [5.74, 6) is 5.26. The summed E-state index contributed by atoms with van der Waals surface area (Å²) in [6.45, 7) is -0.239. The number of aliphatic hydroxyl groups is 3. The lowest BCUT2D eigenvalue weighted by Gasteiger charge is -2.30. The number of aliphatic hydroxyl groups excluding tert-OH is 2. The number of nitrogens with one attached hydrogen (secondary N) is 1. The van der Waals surface area contributed by atoms with Gasteiger partial charge in [0.15, 0.2) is 16.7 Å². The summed E-state index contributed by atoms with van der Waals surface area (Å²) in [5.41, 5.74) is 4.76. The Morgan fingerprint density at radius 3 is 2.67 bits per heavy atom. The molecule has 1 heterocycles. The Balaban J connectivity index is 1.99. The second kappa shape index (κ2) is 7.89. The minimum absolute atomic E-state index is 0.000603.